The van der Waals surface area contributed by atoms with Crippen LogP contribution >= 0.6 is 0 Å². The number of ether oxygens (including phenoxy) is 1. The Kier molecular flexibility index (Phi) is 7.16. The van der Waals surface area contributed by atoms with Crippen molar-refractivity contribution in [2.75, 3.05) is 31.1 Å². The van der Waals surface area contributed by atoms with Gasteiger partial charge >= 0.3 is 0 Å². The summed E-state index contributed by atoms with van der Waals surface area (Å²) in [5.41, 5.74) is 2.85. The Bertz CT molecular complexity index is 808. The van der Waals surface area contributed by atoms with Crippen molar-refractivity contribution in [3.63, 3.8) is 0 Å². The van der Waals surface area contributed by atoms with Gasteiger partial charge in [-0.15, -0.1) is 0 Å². The smallest absolute Gasteiger partial charge is 0.272 e. The Morgan fingerprint density at radius 2 is 2.00 bits per heavy atom. The van der Waals surface area contributed by atoms with Crippen molar-refractivity contribution >= 4 is 17.3 Å². The average molecular weight is 371 g/mol. The number of likely N-dealkylation sites (N-methyl/N-ethyl adjacent to an activating group) is 1. The van der Waals surface area contributed by atoms with Gasteiger partial charge in [-0.3, -0.25) is 14.9 Å². The van der Waals surface area contributed by atoms with E-state index in [4.69, 9.17) is 4.74 Å². The number of rotatable bonds is 9. The highest BCUT2D eigenvalue weighted by Crippen LogP contribution is 2.22. The molecule has 0 aliphatic rings. The maximum Gasteiger partial charge on any atom is 0.272 e. The minimum absolute atomic E-state index is 0.0302. The van der Waals surface area contributed by atoms with Crippen molar-refractivity contribution in [1.82, 2.24) is 5.32 Å². The lowest BCUT2D eigenvalue weighted by atomic mass is 10.2. The number of carbonyl (C=O) groups excluding carboxylic acids is 1. The van der Waals surface area contributed by atoms with Crippen molar-refractivity contribution in [2.24, 2.45) is 0 Å². The maximum absolute atomic E-state index is 12.0. The molecule has 2 aromatic rings. The van der Waals surface area contributed by atoms with Gasteiger partial charge < -0.3 is 15.0 Å². The zero-order valence-corrected chi connectivity index (χ0v) is 15.9. The van der Waals surface area contributed by atoms with Crippen LogP contribution < -0.4 is 15.0 Å². The molecule has 0 radical (unpaired) electrons. The van der Waals surface area contributed by atoms with Crippen molar-refractivity contribution in [2.45, 2.75) is 20.8 Å². The fourth-order valence-electron chi connectivity index (χ4n) is 2.75. The van der Waals surface area contributed by atoms with E-state index in [-0.39, 0.29) is 18.2 Å². The average Bonchev–Trinajstić information content (AvgIpc) is 2.63. The lowest BCUT2D eigenvalue weighted by Gasteiger charge is -2.23. The van der Waals surface area contributed by atoms with Crippen molar-refractivity contribution < 1.29 is 14.5 Å². The van der Waals surface area contributed by atoms with Crippen LogP contribution in [0, 0.1) is 24.0 Å². The van der Waals surface area contributed by atoms with E-state index in [1.54, 1.807) is 13.0 Å². The van der Waals surface area contributed by atoms with E-state index in [9.17, 15) is 14.9 Å². The van der Waals surface area contributed by atoms with Crippen LogP contribution in [0.5, 0.6) is 5.75 Å². The van der Waals surface area contributed by atoms with E-state index in [2.05, 4.69) is 42.3 Å². The molecule has 0 aliphatic heterocycles. The standard InChI is InChI=1S/C20H25N3O4/c1-4-22(17-7-5-6-15(2)12-17)11-10-21-20(24)14-27-18-8-9-19(23(25)26)16(3)13-18/h5-9,12-13H,4,10-11,14H2,1-3H3,(H,21,24). The van der Waals surface area contributed by atoms with Gasteiger partial charge in [0.2, 0.25) is 0 Å². The summed E-state index contributed by atoms with van der Waals surface area (Å²) in [6, 6.07) is 12.7. The van der Waals surface area contributed by atoms with E-state index >= 15 is 0 Å². The third-order valence-electron chi connectivity index (χ3n) is 4.19. The van der Waals surface area contributed by atoms with Crippen LogP contribution in [-0.4, -0.2) is 37.1 Å². The van der Waals surface area contributed by atoms with Gasteiger partial charge in [-0.05, 0) is 50.6 Å². The number of amides is 1. The minimum Gasteiger partial charge on any atom is -0.484 e. The third-order valence-corrected chi connectivity index (χ3v) is 4.19. The number of carbonyl (C=O) groups is 1. The second-order valence-electron chi connectivity index (χ2n) is 6.26. The number of nitro groups is 1. The molecule has 7 nitrogen and oxygen atoms in total. The van der Waals surface area contributed by atoms with Crippen LogP contribution in [0.15, 0.2) is 42.5 Å². The Balaban J connectivity index is 1.79. The Morgan fingerprint density at radius 1 is 1.22 bits per heavy atom. The summed E-state index contributed by atoms with van der Waals surface area (Å²) in [4.78, 5) is 24.5. The van der Waals surface area contributed by atoms with Crippen molar-refractivity contribution in [1.29, 1.82) is 0 Å². The molecule has 0 unspecified atom stereocenters. The van der Waals surface area contributed by atoms with Gasteiger partial charge in [-0.1, -0.05) is 12.1 Å². The molecule has 0 atom stereocenters. The topological polar surface area (TPSA) is 84.7 Å². The normalized spacial score (nSPS) is 10.3. The van der Waals surface area contributed by atoms with E-state index in [0.717, 1.165) is 12.2 Å². The molecule has 1 amide bonds. The highest BCUT2D eigenvalue weighted by Gasteiger charge is 2.11. The van der Waals surface area contributed by atoms with Crippen LogP contribution in [0.1, 0.15) is 18.1 Å². The first-order valence-corrected chi connectivity index (χ1v) is 8.87. The second kappa shape index (κ2) is 9.56. The number of aryl methyl sites for hydroxylation is 2. The molecule has 2 rings (SSSR count). The Labute approximate surface area is 159 Å². The maximum atomic E-state index is 12.0. The van der Waals surface area contributed by atoms with Crippen molar-refractivity contribution in [3.8, 4) is 5.75 Å². The molecule has 7 heteroatoms. The summed E-state index contributed by atoms with van der Waals surface area (Å²) < 4.78 is 5.42. The van der Waals surface area contributed by atoms with E-state index < -0.39 is 4.92 Å². The predicted octanol–water partition coefficient (Wildman–Crippen LogP) is 3.23. The summed E-state index contributed by atoms with van der Waals surface area (Å²) in [6.07, 6.45) is 0. The van der Waals surface area contributed by atoms with Crippen LogP contribution in [-0.2, 0) is 4.79 Å². The molecule has 0 bridgehead atoms. The summed E-state index contributed by atoms with van der Waals surface area (Å²) in [7, 11) is 0. The number of hydrogen-bond acceptors (Lipinski definition) is 5. The van der Waals surface area contributed by atoms with E-state index in [0.29, 0.717) is 24.4 Å². The molecule has 0 aliphatic carbocycles. The Morgan fingerprint density at radius 3 is 2.63 bits per heavy atom. The summed E-state index contributed by atoms with van der Waals surface area (Å²) in [5.74, 6) is 0.203. The molecule has 0 saturated heterocycles. The lowest BCUT2D eigenvalue weighted by molar-refractivity contribution is -0.385. The first-order valence-electron chi connectivity index (χ1n) is 8.87. The van der Waals surface area contributed by atoms with Crippen LogP contribution in [0.4, 0.5) is 11.4 Å². The molecular formula is C20H25N3O4. The lowest BCUT2D eigenvalue weighted by Crippen LogP contribution is -2.37. The molecule has 0 heterocycles. The monoisotopic (exact) mass is 371 g/mol. The zero-order valence-electron chi connectivity index (χ0n) is 15.9. The van der Waals surface area contributed by atoms with Crippen molar-refractivity contribution in [3.05, 3.63) is 63.7 Å². The first kappa shape index (κ1) is 20.2. The van der Waals surface area contributed by atoms with Gasteiger partial charge in [-0.2, -0.15) is 0 Å². The molecule has 144 valence electrons. The summed E-state index contributed by atoms with van der Waals surface area (Å²) >= 11 is 0. The highest BCUT2D eigenvalue weighted by molar-refractivity contribution is 5.77. The van der Waals surface area contributed by atoms with Gasteiger partial charge in [0.15, 0.2) is 6.61 Å². The molecule has 0 aromatic heterocycles. The number of hydrogen-bond donors (Lipinski definition) is 1. The predicted molar refractivity (Wildman–Crippen MR) is 105 cm³/mol. The number of benzene rings is 2. The van der Waals surface area contributed by atoms with Crippen LogP contribution in [0.3, 0.4) is 0 Å². The van der Waals surface area contributed by atoms with Gasteiger partial charge in [0.25, 0.3) is 11.6 Å². The molecule has 0 fully saturated rings. The quantitative estimate of drug-likeness (QED) is 0.540. The number of nitrogens with one attached hydrogen (secondary N) is 1. The molecule has 1 N–H and O–H groups in total. The summed E-state index contributed by atoms with van der Waals surface area (Å²) in [5, 5.41) is 13.6. The van der Waals surface area contributed by atoms with Gasteiger partial charge in [0, 0.05) is 37.0 Å². The van der Waals surface area contributed by atoms with Gasteiger partial charge in [0.1, 0.15) is 5.75 Å². The number of nitrogens with zero attached hydrogens (tertiary/aromatic N) is 2. The number of anilines is 1. The van der Waals surface area contributed by atoms with Gasteiger partial charge in [-0.25, -0.2) is 0 Å². The fraction of sp³-hybridized carbons (Fsp3) is 0.350. The van der Waals surface area contributed by atoms with Crippen LogP contribution in [0.25, 0.3) is 0 Å². The van der Waals surface area contributed by atoms with Crippen LogP contribution in [0.2, 0.25) is 0 Å². The minimum atomic E-state index is -0.445. The second-order valence-corrected chi connectivity index (χ2v) is 6.26. The third kappa shape index (κ3) is 5.99. The SMILES string of the molecule is CCN(CCNC(=O)COc1ccc([N+](=O)[O-])c(C)c1)c1cccc(C)c1. The van der Waals surface area contributed by atoms with E-state index in [1.165, 1.54) is 17.7 Å². The molecule has 0 saturated carbocycles. The largest absolute Gasteiger partial charge is 0.484 e. The Hall–Kier alpha value is -3.09. The molecule has 0 spiro atoms. The van der Waals surface area contributed by atoms with Gasteiger partial charge in [0.05, 0.1) is 4.92 Å². The highest BCUT2D eigenvalue weighted by atomic mass is 16.6. The molecule has 2 aromatic carbocycles. The summed E-state index contributed by atoms with van der Waals surface area (Å²) in [6.45, 7) is 7.67. The first-order chi connectivity index (χ1) is 12.9. The molecule has 27 heavy (non-hydrogen) atoms. The molecular weight excluding hydrogens is 346 g/mol. The number of nitro benzene ring substituents is 1. The zero-order chi connectivity index (χ0) is 19.8. The fourth-order valence-corrected chi connectivity index (χ4v) is 2.75. The van der Waals surface area contributed by atoms with E-state index in [1.807, 2.05) is 6.07 Å².